The summed E-state index contributed by atoms with van der Waals surface area (Å²) < 4.78 is 9.84. The molecule has 1 amide bonds. The molecule has 3 aliphatic heterocycles. The summed E-state index contributed by atoms with van der Waals surface area (Å²) in [6.07, 6.45) is 1.90. The molecular weight excluding hydrogens is 490 g/mol. The predicted molar refractivity (Wildman–Crippen MR) is 140 cm³/mol. The van der Waals surface area contributed by atoms with Crippen LogP contribution in [0.5, 0.6) is 0 Å². The average Bonchev–Trinajstić information content (AvgIpc) is 3.18. The monoisotopic (exact) mass is 517 g/mol. The molecule has 0 N–H and O–H groups in total. The van der Waals surface area contributed by atoms with E-state index in [2.05, 4.69) is 6.07 Å². The minimum Gasteiger partial charge on any atom is -0.462 e. The van der Waals surface area contributed by atoms with Crippen LogP contribution in [0.15, 0.2) is 44.4 Å². The van der Waals surface area contributed by atoms with Gasteiger partial charge < -0.3 is 14.4 Å². The zero-order chi connectivity index (χ0) is 24.8. The summed E-state index contributed by atoms with van der Waals surface area (Å²) in [4.78, 5) is 42.0. The van der Waals surface area contributed by atoms with Crippen LogP contribution < -0.4 is 4.90 Å². The van der Waals surface area contributed by atoms with E-state index >= 15 is 0 Å². The molecule has 1 aromatic rings. The van der Waals surface area contributed by atoms with Crippen molar-refractivity contribution in [3.63, 3.8) is 0 Å². The lowest BCUT2D eigenvalue weighted by atomic mass is 9.84. The molecular formula is C25H27NO5S3. The average molecular weight is 518 g/mol. The lowest BCUT2D eigenvalue weighted by Gasteiger charge is -2.49. The van der Waals surface area contributed by atoms with E-state index in [0.717, 1.165) is 27.3 Å². The van der Waals surface area contributed by atoms with Gasteiger partial charge in [0.2, 0.25) is 5.91 Å². The first-order valence-corrected chi connectivity index (χ1v) is 13.6. The zero-order valence-corrected chi connectivity index (χ0v) is 22.5. The number of esters is 2. The van der Waals surface area contributed by atoms with Gasteiger partial charge in [-0.25, -0.2) is 9.59 Å². The number of thioether (sulfide) groups is 3. The molecule has 1 aromatic carbocycles. The van der Waals surface area contributed by atoms with Crippen molar-refractivity contribution >= 4 is 64.4 Å². The highest BCUT2D eigenvalue weighted by molar-refractivity contribution is 8.25. The Balaban J connectivity index is 1.96. The van der Waals surface area contributed by atoms with E-state index in [1.54, 1.807) is 25.7 Å². The molecule has 0 fully saturated rings. The molecule has 0 radical (unpaired) electrons. The summed E-state index contributed by atoms with van der Waals surface area (Å²) in [5.41, 5.74) is 3.08. The third-order valence-electron chi connectivity index (χ3n) is 5.76. The number of hydrogen-bond donors (Lipinski definition) is 0. The van der Waals surface area contributed by atoms with Crippen molar-refractivity contribution in [1.82, 2.24) is 0 Å². The van der Waals surface area contributed by atoms with Gasteiger partial charge in [-0.3, -0.25) is 4.79 Å². The molecule has 1 atom stereocenters. The van der Waals surface area contributed by atoms with Crippen LogP contribution in [-0.2, 0) is 23.9 Å². The molecule has 180 valence electrons. The van der Waals surface area contributed by atoms with Gasteiger partial charge >= 0.3 is 11.9 Å². The van der Waals surface area contributed by atoms with Crippen LogP contribution in [0.2, 0.25) is 0 Å². The van der Waals surface area contributed by atoms with Crippen LogP contribution in [0.1, 0.15) is 45.7 Å². The molecule has 3 aliphatic rings. The van der Waals surface area contributed by atoms with Crippen molar-refractivity contribution in [3.8, 4) is 0 Å². The Hall–Kier alpha value is -2.10. The lowest BCUT2D eigenvalue weighted by Crippen LogP contribution is -2.52. The number of benzene rings is 1. The van der Waals surface area contributed by atoms with Crippen LogP contribution in [0.4, 0.5) is 5.69 Å². The van der Waals surface area contributed by atoms with Crippen molar-refractivity contribution in [2.45, 2.75) is 51.2 Å². The highest BCUT2D eigenvalue weighted by atomic mass is 32.2. The third kappa shape index (κ3) is 4.01. The normalized spacial score (nSPS) is 22.6. The second kappa shape index (κ2) is 9.17. The number of fused-ring (bicyclic) bond motifs is 3. The molecule has 4 rings (SSSR count). The van der Waals surface area contributed by atoms with Gasteiger partial charge in [0.15, 0.2) is 0 Å². The lowest BCUT2D eigenvalue weighted by molar-refractivity contribution is -0.138. The maximum absolute atomic E-state index is 12.9. The van der Waals surface area contributed by atoms with Gasteiger partial charge in [0.05, 0.1) is 29.3 Å². The van der Waals surface area contributed by atoms with Gasteiger partial charge in [0.25, 0.3) is 0 Å². The largest absolute Gasteiger partial charge is 0.462 e. The summed E-state index contributed by atoms with van der Waals surface area (Å²) in [6.45, 7) is 11.6. The number of aryl methyl sites for hydroxylation is 1. The molecule has 9 heteroatoms. The SMILES string of the molecule is CCOC(=O)C1=C[C@]2(SC=C(C(=O)OCC)S2)C2=C(S1)C(C)(C)N(C(C)=O)c1ccc(C)cc12. The van der Waals surface area contributed by atoms with Crippen molar-refractivity contribution in [2.24, 2.45) is 0 Å². The summed E-state index contributed by atoms with van der Waals surface area (Å²) in [5.74, 6) is -0.877. The molecule has 6 nitrogen and oxygen atoms in total. The first-order chi connectivity index (χ1) is 16.1. The van der Waals surface area contributed by atoms with Crippen molar-refractivity contribution in [2.75, 3.05) is 18.1 Å². The molecule has 0 aromatic heterocycles. The highest BCUT2D eigenvalue weighted by Gasteiger charge is 2.53. The standard InChI is InChI=1S/C25H27NO5S3/c1-7-30-22(28)18-12-25(32-13-19(34-25)23(29)31-8-2)20-16-11-14(3)9-10-17(16)26(15(4)27)24(5,6)21(20)33-18/h9-13H,7-8H2,1-6H3/t25-/m1/s1. The van der Waals surface area contributed by atoms with E-state index in [0.29, 0.717) is 9.81 Å². The van der Waals surface area contributed by atoms with E-state index in [-0.39, 0.29) is 25.1 Å². The number of amides is 1. The minimum absolute atomic E-state index is 0.0828. The molecule has 1 spiro atoms. The number of hydrogen-bond acceptors (Lipinski definition) is 8. The molecule has 0 saturated heterocycles. The summed E-state index contributed by atoms with van der Waals surface area (Å²) >= 11 is 4.20. The Morgan fingerprint density at radius 3 is 2.29 bits per heavy atom. The van der Waals surface area contributed by atoms with E-state index < -0.39 is 15.6 Å². The highest BCUT2D eigenvalue weighted by Crippen LogP contribution is 2.66. The fourth-order valence-electron chi connectivity index (χ4n) is 4.47. The van der Waals surface area contributed by atoms with Crippen molar-refractivity contribution in [3.05, 3.63) is 55.5 Å². The Labute approximate surface area is 212 Å². The van der Waals surface area contributed by atoms with Gasteiger partial charge in [0, 0.05) is 23.0 Å². The molecule has 3 heterocycles. The van der Waals surface area contributed by atoms with Gasteiger partial charge in [-0.05, 0) is 58.2 Å². The van der Waals surface area contributed by atoms with E-state index in [1.165, 1.54) is 35.3 Å². The van der Waals surface area contributed by atoms with Crippen LogP contribution >= 0.6 is 35.3 Å². The summed E-state index contributed by atoms with van der Waals surface area (Å²) in [6, 6.07) is 6.05. The zero-order valence-electron chi connectivity index (χ0n) is 20.0. The van der Waals surface area contributed by atoms with Crippen LogP contribution in [0.25, 0.3) is 5.57 Å². The van der Waals surface area contributed by atoms with Crippen molar-refractivity contribution < 1.29 is 23.9 Å². The second-order valence-electron chi connectivity index (χ2n) is 8.56. The molecule has 0 bridgehead atoms. The summed E-state index contributed by atoms with van der Waals surface area (Å²) in [7, 11) is 0. The van der Waals surface area contributed by atoms with Gasteiger partial charge in [0.1, 0.15) is 8.98 Å². The molecule has 0 saturated carbocycles. The third-order valence-corrected chi connectivity index (χ3v) is 10.0. The smallest absolute Gasteiger partial charge is 0.345 e. The topological polar surface area (TPSA) is 72.9 Å². The minimum atomic E-state index is -0.770. The molecule has 0 unspecified atom stereocenters. The van der Waals surface area contributed by atoms with Gasteiger partial charge in [-0.15, -0.1) is 11.8 Å². The Morgan fingerprint density at radius 1 is 1.03 bits per heavy atom. The Kier molecular flexibility index (Phi) is 6.74. The quantitative estimate of drug-likeness (QED) is 0.476. The summed E-state index contributed by atoms with van der Waals surface area (Å²) in [5, 5.41) is 1.81. The van der Waals surface area contributed by atoms with E-state index in [9.17, 15) is 14.4 Å². The van der Waals surface area contributed by atoms with E-state index in [4.69, 9.17) is 9.47 Å². The fourth-order valence-corrected chi connectivity index (χ4v) is 8.85. The number of rotatable bonds is 4. The fraction of sp³-hybridized carbons (Fsp3) is 0.400. The second-order valence-corrected chi connectivity index (χ2v) is 12.3. The van der Waals surface area contributed by atoms with Crippen LogP contribution in [-0.4, -0.2) is 40.7 Å². The molecule has 34 heavy (non-hydrogen) atoms. The first kappa shape index (κ1) is 25.0. The number of carbonyl (C=O) groups is 3. The molecule has 0 aliphatic carbocycles. The Bertz CT molecular complexity index is 1180. The number of nitrogens with zero attached hydrogens (tertiary/aromatic N) is 1. The van der Waals surface area contributed by atoms with Gasteiger partial charge in [-0.2, -0.15) is 0 Å². The van der Waals surface area contributed by atoms with E-state index in [1.807, 2.05) is 44.4 Å². The van der Waals surface area contributed by atoms with Crippen LogP contribution in [0.3, 0.4) is 0 Å². The maximum Gasteiger partial charge on any atom is 0.345 e. The maximum atomic E-state index is 12.9. The van der Waals surface area contributed by atoms with Gasteiger partial charge in [-0.1, -0.05) is 35.2 Å². The number of anilines is 1. The number of ether oxygens (including phenoxy) is 2. The van der Waals surface area contributed by atoms with Crippen LogP contribution in [0, 0.1) is 6.92 Å². The Morgan fingerprint density at radius 2 is 1.68 bits per heavy atom. The predicted octanol–water partition coefficient (Wildman–Crippen LogP) is 5.63. The van der Waals surface area contributed by atoms with Crippen molar-refractivity contribution in [1.29, 1.82) is 0 Å². The first-order valence-electron chi connectivity index (χ1n) is 11.0. The number of carbonyl (C=O) groups excluding carboxylic acids is 3.